The fraction of sp³-hybridized carbons (Fsp3) is 0.556. The predicted octanol–water partition coefficient (Wildman–Crippen LogP) is 3.17. The number of nitrogens with one attached hydrogen (secondary N) is 1. The van der Waals surface area contributed by atoms with Crippen LogP contribution >= 0.6 is 0 Å². The Bertz CT molecular complexity index is 533. The minimum atomic E-state index is -0.858. The Morgan fingerprint density at radius 3 is 2.38 bits per heavy atom. The summed E-state index contributed by atoms with van der Waals surface area (Å²) in [6, 6.07) is 5.58. The summed E-state index contributed by atoms with van der Waals surface area (Å²) in [5.41, 5.74) is 0.135. The molecule has 24 heavy (non-hydrogen) atoms. The third-order valence-electron chi connectivity index (χ3n) is 3.09. The molecule has 1 amide bonds. The molecule has 1 unspecified atom stereocenters. The average molecular weight is 337 g/mol. The SMILES string of the molecule is CCCCOC(=O)NC(Cc1ccc(O)cc1)C(=O)OC(C)(C)C. The highest BCUT2D eigenvalue weighted by molar-refractivity contribution is 5.82. The number of benzene rings is 1. The van der Waals surface area contributed by atoms with E-state index in [0.717, 1.165) is 18.4 Å². The summed E-state index contributed by atoms with van der Waals surface area (Å²) in [7, 11) is 0. The molecule has 0 saturated heterocycles. The first-order valence-corrected chi connectivity index (χ1v) is 8.15. The predicted molar refractivity (Wildman–Crippen MR) is 90.8 cm³/mol. The van der Waals surface area contributed by atoms with E-state index >= 15 is 0 Å². The summed E-state index contributed by atoms with van der Waals surface area (Å²) in [5.74, 6) is -0.387. The lowest BCUT2D eigenvalue weighted by molar-refractivity contribution is -0.157. The highest BCUT2D eigenvalue weighted by Gasteiger charge is 2.27. The Morgan fingerprint density at radius 2 is 1.83 bits per heavy atom. The van der Waals surface area contributed by atoms with Crippen LogP contribution in [0, 0.1) is 0 Å². The van der Waals surface area contributed by atoms with Crippen molar-refractivity contribution in [1.82, 2.24) is 5.32 Å². The van der Waals surface area contributed by atoms with E-state index in [0.29, 0.717) is 6.61 Å². The summed E-state index contributed by atoms with van der Waals surface area (Å²) >= 11 is 0. The molecule has 0 bridgehead atoms. The van der Waals surface area contributed by atoms with Crippen molar-refractivity contribution < 1.29 is 24.2 Å². The Hall–Kier alpha value is -2.24. The number of esters is 1. The Kier molecular flexibility index (Phi) is 7.55. The zero-order valence-corrected chi connectivity index (χ0v) is 14.8. The number of phenols is 1. The van der Waals surface area contributed by atoms with Crippen molar-refractivity contribution in [1.29, 1.82) is 0 Å². The molecule has 0 heterocycles. The van der Waals surface area contributed by atoms with Crippen LogP contribution in [0.4, 0.5) is 4.79 Å². The first kappa shape index (κ1) is 19.8. The maximum atomic E-state index is 12.4. The molecule has 0 aliphatic rings. The Morgan fingerprint density at radius 1 is 1.21 bits per heavy atom. The van der Waals surface area contributed by atoms with Gasteiger partial charge in [-0.25, -0.2) is 9.59 Å². The number of unbranched alkanes of at least 4 members (excludes halogenated alkanes) is 1. The van der Waals surface area contributed by atoms with E-state index in [9.17, 15) is 14.7 Å². The van der Waals surface area contributed by atoms with Crippen molar-refractivity contribution >= 4 is 12.1 Å². The van der Waals surface area contributed by atoms with Crippen molar-refractivity contribution in [2.45, 2.75) is 58.6 Å². The van der Waals surface area contributed by atoms with Crippen LogP contribution in [0.15, 0.2) is 24.3 Å². The van der Waals surface area contributed by atoms with Gasteiger partial charge in [-0.15, -0.1) is 0 Å². The van der Waals surface area contributed by atoms with Crippen LogP contribution in [0.25, 0.3) is 0 Å². The molecule has 0 radical (unpaired) electrons. The molecule has 1 aromatic carbocycles. The van der Waals surface area contributed by atoms with Crippen LogP contribution in [0.5, 0.6) is 5.75 Å². The second-order valence-corrected chi connectivity index (χ2v) is 6.59. The molecular formula is C18H27NO5. The lowest BCUT2D eigenvalue weighted by Crippen LogP contribution is -2.45. The third-order valence-corrected chi connectivity index (χ3v) is 3.09. The molecule has 134 valence electrons. The summed E-state index contributed by atoms with van der Waals surface area (Å²) in [5, 5.41) is 11.9. The molecule has 1 aromatic rings. The van der Waals surface area contributed by atoms with Gasteiger partial charge in [0.05, 0.1) is 6.61 Å². The van der Waals surface area contributed by atoms with Crippen molar-refractivity contribution in [3.63, 3.8) is 0 Å². The quantitative estimate of drug-likeness (QED) is 0.590. The number of ether oxygens (including phenoxy) is 2. The van der Waals surface area contributed by atoms with E-state index in [1.165, 1.54) is 12.1 Å². The van der Waals surface area contributed by atoms with Gasteiger partial charge < -0.3 is 19.9 Å². The molecule has 0 fully saturated rings. The summed E-state index contributed by atoms with van der Waals surface area (Å²) in [6.07, 6.45) is 1.29. The van der Waals surface area contributed by atoms with E-state index < -0.39 is 23.7 Å². The number of rotatable bonds is 7. The summed E-state index contributed by atoms with van der Waals surface area (Å²) in [4.78, 5) is 24.2. The molecule has 6 heteroatoms. The minimum Gasteiger partial charge on any atom is -0.508 e. The number of hydrogen-bond acceptors (Lipinski definition) is 5. The fourth-order valence-corrected chi connectivity index (χ4v) is 1.93. The second kappa shape index (κ2) is 9.15. The number of amides is 1. The van der Waals surface area contributed by atoms with Crippen molar-refractivity contribution in [2.24, 2.45) is 0 Å². The molecule has 0 aliphatic carbocycles. The monoisotopic (exact) mass is 337 g/mol. The number of carbonyl (C=O) groups is 2. The molecule has 0 aromatic heterocycles. The van der Waals surface area contributed by atoms with Crippen LogP contribution < -0.4 is 5.32 Å². The number of aromatic hydroxyl groups is 1. The average Bonchev–Trinajstić information content (AvgIpc) is 2.47. The standard InChI is InChI=1S/C18H27NO5/c1-5-6-11-23-17(22)19-15(16(21)24-18(2,3)4)12-13-7-9-14(20)10-8-13/h7-10,15,20H,5-6,11-12H2,1-4H3,(H,19,22). The van der Waals surface area contributed by atoms with Crippen molar-refractivity contribution in [3.8, 4) is 5.75 Å². The van der Waals surface area contributed by atoms with Gasteiger partial charge in [-0.05, 0) is 44.9 Å². The lowest BCUT2D eigenvalue weighted by Gasteiger charge is -2.24. The molecule has 0 aliphatic heterocycles. The number of hydrogen-bond donors (Lipinski definition) is 2. The maximum Gasteiger partial charge on any atom is 0.407 e. The highest BCUT2D eigenvalue weighted by atomic mass is 16.6. The van der Waals surface area contributed by atoms with E-state index in [1.807, 2.05) is 6.92 Å². The van der Waals surface area contributed by atoms with Gasteiger partial charge in [-0.2, -0.15) is 0 Å². The van der Waals surface area contributed by atoms with Gasteiger partial charge in [-0.3, -0.25) is 0 Å². The summed E-state index contributed by atoms with van der Waals surface area (Å²) < 4.78 is 10.4. The first-order chi connectivity index (χ1) is 11.2. The van der Waals surface area contributed by atoms with Crippen LogP contribution in [-0.2, 0) is 20.7 Å². The third kappa shape index (κ3) is 7.85. The normalized spacial score (nSPS) is 12.3. The van der Waals surface area contributed by atoms with Crippen molar-refractivity contribution in [2.75, 3.05) is 6.61 Å². The first-order valence-electron chi connectivity index (χ1n) is 8.15. The largest absolute Gasteiger partial charge is 0.508 e. The number of phenolic OH excluding ortho intramolecular Hbond substituents is 1. The molecule has 0 spiro atoms. The molecule has 1 atom stereocenters. The van der Waals surface area contributed by atoms with E-state index in [4.69, 9.17) is 9.47 Å². The van der Waals surface area contributed by atoms with Gasteiger partial charge in [0.1, 0.15) is 17.4 Å². The van der Waals surface area contributed by atoms with Gasteiger partial charge >= 0.3 is 12.1 Å². The Labute approximate surface area is 143 Å². The van der Waals surface area contributed by atoms with Gasteiger partial charge in [0.15, 0.2) is 0 Å². The van der Waals surface area contributed by atoms with Gasteiger partial charge in [0.2, 0.25) is 0 Å². The number of carbonyl (C=O) groups excluding carboxylic acids is 2. The van der Waals surface area contributed by atoms with Crippen LogP contribution in [0.1, 0.15) is 46.1 Å². The molecule has 2 N–H and O–H groups in total. The highest BCUT2D eigenvalue weighted by Crippen LogP contribution is 2.14. The van der Waals surface area contributed by atoms with Gasteiger partial charge in [0.25, 0.3) is 0 Å². The topological polar surface area (TPSA) is 84.9 Å². The molecule has 1 rings (SSSR count). The Balaban J connectivity index is 2.76. The number of alkyl carbamates (subject to hydrolysis) is 1. The molecule has 0 saturated carbocycles. The van der Waals surface area contributed by atoms with E-state index in [1.54, 1.807) is 32.9 Å². The van der Waals surface area contributed by atoms with Gasteiger partial charge in [-0.1, -0.05) is 25.5 Å². The lowest BCUT2D eigenvalue weighted by atomic mass is 10.1. The van der Waals surface area contributed by atoms with E-state index in [2.05, 4.69) is 5.32 Å². The van der Waals surface area contributed by atoms with Crippen LogP contribution in [0.3, 0.4) is 0 Å². The maximum absolute atomic E-state index is 12.4. The fourth-order valence-electron chi connectivity index (χ4n) is 1.93. The van der Waals surface area contributed by atoms with Crippen molar-refractivity contribution in [3.05, 3.63) is 29.8 Å². The van der Waals surface area contributed by atoms with Crippen LogP contribution in [-0.4, -0.2) is 35.4 Å². The van der Waals surface area contributed by atoms with Gasteiger partial charge in [0, 0.05) is 6.42 Å². The molecular weight excluding hydrogens is 310 g/mol. The van der Waals surface area contributed by atoms with E-state index in [-0.39, 0.29) is 12.2 Å². The zero-order chi connectivity index (χ0) is 18.2. The summed E-state index contributed by atoms with van der Waals surface area (Å²) in [6.45, 7) is 7.60. The second-order valence-electron chi connectivity index (χ2n) is 6.59. The minimum absolute atomic E-state index is 0.138. The zero-order valence-electron chi connectivity index (χ0n) is 14.8. The van der Waals surface area contributed by atoms with Crippen LogP contribution in [0.2, 0.25) is 0 Å². The smallest absolute Gasteiger partial charge is 0.407 e. The molecule has 6 nitrogen and oxygen atoms in total.